The van der Waals surface area contributed by atoms with E-state index in [1.165, 1.54) is 24.3 Å². The first-order valence-corrected chi connectivity index (χ1v) is 9.25. The molecule has 0 bridgehead atoms. The molecule has 7 nitrogen and oxygen atoms in total. The first kappa shape index (κ1) is 17.9. The highest BCUT2D eigenvalue weighted by Crippen LogP contribution is 2.39. The molecule has 0 spiro atoms. The van der Waals surface area contributed by atoms with Crippen molar-refractivity contribution in [1.29, 1.82) is 5.26 Å². The minimum Gasteiger partial charge on any atom is -0.452 e. The number of hydrogen-bond donors (Lipinski definition) is 1. The monoisotopic (exact) mass is 350 g/mol. The molecule has 1 fully saturated rings. The van der Waals surface area contributed by atoms with Gasteiger partial charge in [-0.15, -0.1) is 0 Å². The maximum absolute atomic E-state index is 12.1. The van der Waals surface area contributed by atoms with Crippen molar-refractivity contribution in [3.05, 3.63) is 29.8 Å². The number of nitriles is 1. The molecule has 1 aromatic rings. The zero-order valence-electron chi connectivity index (χ0n) is 13.4. The van der Waals surface area contributed by atoms with E-state index < -0.39 is 33.9 Å². The van der Waals surface area contributed by atoms with E-state index in [1.807, 2.05) is 0 Å². The number of amides is 1. The molecule has 24 heavy (non-hydrogen) atoms. The van der Waals surface area contributed by atoms with Crippen molar-refractivity contribution >= 4 is 21.7 Å². The SMILES string of the molecule is C[C@](C#N)(NC(=O)COC(=O)c1ccccc1S(C)(=O)=O)C1CC1. The fourth-order valence-corrected chi connectivity index (χ4v) is 3.25. The first-order chi connectivity index (χ1) is 11.2. The molecule has 8 heteroatoms. The molecule has 1 aromatic carbocycles. The van der Waals surface area contributed by atoms with Gasteiger partial charge in [0.15, 0.2) is 16.4 Å². The molecule has 0 heterocycles. The molecule has 2 rings (SSSR count). The summed E-state index contributed by atoms with van der Waals surface area (Å²) in [6.07, 6.45) is 2.72. The molecule has 1 aliphatic carbocycles. The number of carbonyl (C=O) groups excluding carboxylic acids is 2. The zero-order chi connectivity index (χ0) is 18.0. The van der Waals surface area contributed by atoms with E-state index >= 15 is 0 Å². The third kappa shape index (κ3) is 4.11. The highest BCUT2D eigenvalue weighted by molar-refractivity contribution is 7.90. The lowest BCUT2D eigenvalue weighted by atomic mass is 9.98. The van der Waals surface area contributed by atoms with Crippen LogP contribution >= 0.6 is 0 Å². The van der Waals surface area contributed by atoms with Crippen molar-refractivity contribution in [2.75, 3.05) is 12.9 Å². The van der Waals surface area contributed by atoms with Gasteiger partial charge in [-0.05, 0) is 37.8 Å². The molecular formula is C16H18N2O5S. The summed E-state index contributed by atoms with van der Waals surface area (Å²) in [4.78, 5) is 23.8. The number of sulfone groups is 1. The Labute approximate surface area is 140 Å². The van der Waals surface area contributed by atoms with Crippen molar-refractivity contribution in [3.8, 4) is 6.07 Å². The fourth-order valence-electron chi connectivity index (χ4n) is 2.38. The average molecular weight is 350 g/mol. The second-order valence-corrected chi connectivity index (χ2v) is 7.97. The number of hydrogen-bond acceptors (Lipinski definition) is 6. The smallest absolute Gasteiger partial charge is 0.339 e. The molecule has 128 valence electrons. The molecule has 0 radical (unpaired) electrons. The summed E-state index contributed by atoms with van der Waals surface area (Å²) in [5.74, 6) is -1.40. The van der Waals surface area contributed by atoms with Gasteiger partial charge in [0.2, 0.25) is 0 Å². The molecule has 0 aliphatic heterocycles. The van der Waals surface area contributed by atoms with Gasteiger partial charge in [0.1, 0.15) is 5.54 Å². The van der Waals surface area contributed by atoms with Crippen molar-refractivity contribution in [3.63, 3.8) is 0 Å². The van der Waals surface area contributed by atoms with E-state index in [1.54, 1.807) is 6.92 Å². The largest absolute Gasteiger partial charge is 0.452 e. The van der Waals surface area contributed by atoms with Crippen LogP contribution in [-0.4, -0.2) is 38.7 Å². The van der Waals surface area contributed by atoms with Crippen molar-refractivity contribution in [2.45, 2.75) is 30.2 Å². The van der Waals surface area contributed by atoms with Crippen LogP contribution in [0.1, 0.15) is 30.1 Å². The maximum atomic E-state index is 12.1. The lowest BCUT2D eigenvalue weighted by Crippen LogP contribution is -2.48. The number of benzene rings is 1. The van der Waals surface area contributed by atoms with Crippen LogP contribution in [0.3, 0.4) is 0 Å². The van der Waals surface area contributed by atoms with Crippen molar-refractivity contribution < 1.29 is 22.7 Å². The van der Waals surface area contributed by atoms with E-state index in [2.05, 4.69) is 11.4 Å². The van der Waals surface area contributed by atoms with Gasteiger partial charge < -0.3 is 10.1 Å². The highest BCUT2D eigenvalue weighted by atomic mass is 32.2. The number of ether oxygens (including phenoxy) is 1. The highest BCUT2D eigenvalue weighted by Gasteiger charge is 2.43. The van der Waals surface area contributed by atoms with Gasteiger partial charge in [0.05, 0.1) is 16.5 Å². The molecule has 1 atom stereocenters. The van der Waals surface area contributed by atoms with Crippen LogP contribution in [0, 0.1) is 17.2 Å². The van der Waals surface area contributed by atoms with Crippen LogP contribution in [0.15, 0.2) is 29.2 Å². The average Bonchev–Trinajstić information content (AvgIpc) is 3.37. The van der Waals surface area contributed by atoms with Crippen LogP contribution in [0.2, 0.25) is 0 Å². The van der Waals surface area contributed by atoms with Gasteiger partial charge in [0.25, 0.3) is 5.91 Å². The molecule has 0 aromatic heterocycles. The Morgan fingerprint density at radius 1 is 1.38 bits per heavy atom. The summed E-state index contributed by atoms with van der Waals surface area (Å²) in [6.45, 7) is 1.05. The third-order valence-electron chi connectivity index (χ3n) is 3.87. The van der Waals surface area contributed by atoms with Crippen LogP contribution in [0.4, 0.5) is 0 Å². The Morgan fingerprint density at radius 3 is 2.54 bits per heavy atom. The second-order valence-electron chi connectivity index (χ2n) is 5.98. The molecule has 0 unspecified atom stereocenters. The molecule has 1 aliphatic rings. The standard InChI is InChI=1S/C16H18N2O5S/c1-16(10-17,11-7-8-11)18-14(19)9-23-15(20)12-5-3-4-6-13(12)24(2,21)22/h3-6,11H,7-9H2,1-2H3,(H,18,19)/t16-/m1/s1. The predicted octanol–water partition coefficient (Wildman–Crippen LogP) is 1.06. The predicted molar refractivity (Wildman–Crippen MR) is 84.7 cm³/mol. The van der Waals surface area contributed by atoms with Gasteiger partial charge in [-0.1, -0.05) is 12.1 Å². The lowest BCUT2D eigenvalue weighted by Gasteiger charge is -2.22. The second kappa shape index (κ2) is 6.61. The number of nitrogens with zero attached hydrogens (tertiary/aromatic N) is 1. The Balaban J connectivity index is 2.02. The van der Waals surface area contributed by atoms with Gasteiger partial charge in [-0.3, -0.25) is 4.79 Å². The third-order valence-corrected chi connectivity index (χ3v) is 5.02. The number of nitrogens with one attached hydrogen (secondary N) is 1. The molecule has 1 N–H and O–H groups in total. The summed E-state index contributed by atoms with van der Waals surface area (Å²) in [5, 5.41) is 11.7. The summed E-state index contributed by atoms with van der Waals surface area (Å²) >= 11 is 0. The molecular weight excluding hydrogens is 332 g/mol. The lowest BCUT2D eigenvalue weighted by molar-refractivity contribution is -0.125. The quantitative estimate of drug-likeness (QED) is 0.767. The first-order valence-electron chi connectivity index (χ1n) is 7.36. The van der Waals surface area contributed by atoms with Crippen molar-refractivity contribution in [2.24, 2.45) is 5.92 Å². The zero-order valence-corrected chi connectivity index (χ0v) is 14.2. The summed E-state index contributed by atoms with van der Waals surface area (Å²) < 4.78 is 28.3. The molecule has 1 saturated carbocycles. The number of carbonyl (C=O) groups is 2. The Hall–Kier alpha value is -2.40. The topological polar surface area (TPSA) is 113 Å². The summed E-state index contributed by atoms with van der Waals surface area (Å²) in [5.41, 5.74) is -1.10. The van der Waals surface area contributed by atoms with Gasteiger partial charge in [0, 0.05) is 6.26 Å². The van der Waals surface area contributed by atoms with E-state index in [9.17, 15) is 23.3 Å². The Morgan fingerprint density at radius 2 is 2.00 bits per heavy atom. The van der Waals surface area contributed by atoms with Crippen LogP contribution < -0.4 is 5.32 Å². The van der Waals surface area contributed by atoms with E-state index in [0.29, 0.717) is 0 Å². The number of rotatable bonds is 6. The summed E-state index contributed by atoms with van der Waals surface area (Å²) in [6, 6.07) is 7.68. The van der Waals surface area contributed by atoms with Gasteiger partial charge in [-0.2, -0.15) is 5.26 Å². The van der Waals surface area contributed by atoms with E-state index in [0.717, 1.165) is 19.1 Å². The minimum atomic E-state index is -3.60. The van der Waals surface area contributed by atoms with E-state index in [4.69, 9.17) is 4.74 Å². The van der Waals surface area contributed by atoms with E-state index in [-0.39, 0.29) is 16.4 Å². The van der Waals surface area contributed by atoms with Gasteiger partial charge in [-0.25, -0.2) is 13.2 Å². The maximum Gasteiger partial charge on any atom is 0.339 e. The number of esters is 1. The molecule has 0 saturated heterocycles. The Bertz CT molecular complexity index is 808. The normalized spacial score (nSPS) is 16.5. The fraction of sp³-hybridized carbons (Fsp3) is 0.438. The van der Waals surface area contributed by atoms with Crippen LogP contribution in [0.5, 0.6) is 0 Å². The summed E-state index contributed by atoms with van der Waals surface area (Å²) in [7, 11) is -3.60. The molecule has 1 amide bonds. The Kier molecular flexibility index (Phi) is 4.94. The van der Waals surface area contributed by atoms with Crippen LogP contribution in [0.25, 0.3) is 0 Å². The minimum absolute atomic E-state index is 0.105. The van der Waals surface area contributed by atoms with Crippen LogP contribution in [-0.2, 0) is 19.4 Å². The van der Waals surface area contributed by atoms with Crippen molar-refractivity contribution in [1.82, 2.24) is 5.32 Å². The van der Waals surface area contributed by atoms with Gasteiger partial charge >= 0.3 is 5.97 Å².